The number of hydrogen-bond donors (Lipinski definition) is 2. The quantitative estimate of drug-likeness (QED) is 0.660. The molecule has 20 heavy (non-hydrogen) atoms. The van der Waals surface area contributed by atoms with Crippen LogP contribution in [-0.4, -0.2) is 29.8 Å². The predicted octanol–water partition coefficient (Wildman–Crippen LogP) is 2.44. The molecule has 112 valence electrons. The lowest BCUT2D eigenvalue weighted by molar-refractivity contribution is 0.0530. The van der Waals surface area contributed by atoms with E-state index in [0.717, 1.165) is 0 Å². The first-order chi connectivity index (χ1) is 9.19. The highest BCUT2D eigenvalue weighted by Crippen LogP contribution is 2.13. The third kappa shape index (κ3) is 5.33. The van der Waals surface area contributed by atoms with Crippen LogP contribution in [0.3, 0.4) is 0 Å². The van der Waals surface area contributed by atoms with Crippen molar-refractivity contribution in [2.75, 3.05) is 18.4 Å². The summed E-state index contributed by atoms with van der Waals surface area (Å²) in [5.74, 6) is -4.19. The zero-order valence-corrected chi connectivity index (χ0v) is 11.4. The molecule has 1 amide bonds. The first-order valence-electron chi connectivity index (χ1n) is 5.91. The van der Waals surface area contributed by atoms with Gasteiger partial charge in [0, 0.05) is 19.2 Å². The fourth-order valence-electron chi connectivity index (χ4n) is 1.23. The zero-order valence-electron chi connectivity index (χ0n) is 11.4. The normalized spacial score (nSPS) is 11.1. The third-order valence-electron chi connectivity index (χ3n) is 1.97. The predicted molar refractivity (Wildman–Crippen MR) is 66.8 cm³/mol. The maximum Gasteiger partial charge on any atom is 0.407 e. The van der Waals surface area contributed by atoms with E-state index in [1.807, 2.05) is 0 Å². The molecule has 0 aromatic carbocycles. The van der Waals surface area contributed by atoms with Crippen LogP contribution in [0.5, 0.6) is 0 Å². The van der Waals surface area contributed by atoms with Crippen molar-refractivity contribution in [1.82, 2.24) is 10.3 Å². The van der Waals surface area contributed by atoms with Gasteiger partial charge in [-0.3, -0.25) is 0 Å². The van der Waals surface area contributed by atoms with Crippen molar-refractivity contribution < 1.29 is 22.7 Å². The molecule has 1 rings (SSSR count). The second-order valence-electron chi connectivity index (χ2n) is 4.95. The van der Waals surface area contributed by atoms with E-state index in [9.17, 15) is 18.0 Å². The van der Waals surface area contributed by atoms with Gasteiger partial charge in [-0.2, -0.15) is 9.37 Å². The van der Waals surface area contributed by atoms with Crippen molar-refractivity contribution in [2.24, 2.45) is 0 Å². The van der Waals surface area contributed by atoms with Crippen LogP contribution in [-0.2, 0) is 4.74 Å². The summed E-state index contributed by atoms with van der Waals surface area (Å²) < 4.78 is 43.6. The molecule has 5 nitrogen and oxygen atoms in total. The largest absolute Gasteiger partial charge is 0.444 e. The SMILES string of the molecule is CC(C)(C)OC(=O)NCCNc1nc(F)c(F)cc1F. The molecule has 0 spiro atoms. The van der Waals surface area contributed by atoms with Gasteiger partial charge in [0.25, 0.3) is 5.95 Å². The number of aromatic nitrogens is 1. The van der Waals surface area contributed by atoms with Gasteiger partial charge in [-0.05, 0) is 20.8 Å². The molecule has 0 bridgehead atoms. The number of anilines is 1. The maximum atomic E-state index is 13.2. The van der Waals surface area contributed by atoms with Crippen molar-refractivity contribution in [1.29, 1.82) is 0 Å². The lowest BCUT2D eigenvalue weighted by atomic mass is 10.2. The molecular formula is C12H16F3N3O2. The van der Waals surface area contributed by atoms with Gasteiger partial charge in [0.15, 0.2) is 17.5 Å². The lowest BCUT2D eigenvalue weighted by Gasteiger charge is -2.19. The molecule has 1 aromatic heterocycles. The van der Waals surface area contributed by atoms with Crippen molar-refractivity contribution in [3.05, 3.63) is 23.6 Å². The van der Waals surface area contributed by atoms with Gasteiger partial charge in [0.2, 0.25) is 0 Å². The summed E-state index contributed by atoms with van der Waals surface area (Å²) in [7, 11) is 0. The average Bonchev–Trinajstić information content (AvgIpc) is 2.28. The first-order valence-corrected chi connectivity index (χ1v) is 5.91. The number of halogens is 3. The van der Waals surface area contributed by atoms with Crippen molar-refractivity contribution in [3.8, 4) is 0 Å². The number of nitrogens with one attached hydrogen (secondary N) is 2. The summed E-state index contributed by atoms with van der Waals surface area (Å²) >= 11 is 0. The monoisotopic (exact) mass is 291 g/mol. The summed E-state index contributed by atoms with van der Waals surface area (Å²) in [6.45, 7) is 5.32. The molecule has 0 saturated heterocycles. The van der Waals surface area contributed by atoms with Crippen LogP contribution in [0.2, 0.25) is 0 Å². The van der Waals surface area contributed by atoms with E-state index in [4.69, 9.17) is 4.74 Å². The number of rotatable bonds is 4. The van der Waals surface area contributed by atoms with E-state index >= 15 is 0 Å². The fraction of sp³-hybridized carbons (Fsp3) is 0.500. The van der Waals surface area contributed by atoms with Gasteiger partial charge >= 0.3 is 6.09 Å². The van der Waals surface area contributed by atoms with E-state index in [0.29, 0.717) is 6.07 Å². The summed E-state index contributed by atoms with van der Waals surface area (Å²) in [6, 6.07) is 0.395. The number of alkyl carbamates (subject to hydrolysis) is 1. The standard InChI is InChI=1S/C12H16F3N3O2/c1-12(2,3)20-11(19)17-5-4-16-10-8(14)6-7(13)9(15)18-10/h6H,4-5H2,1-3H3,(H,16,18)(H,17,19). The van der Waals surface area contributed by atoms with Gasteiger partial charge in [0.1, 0.15) is 5.60 Å². The van der Waals surface area contributed by atoms with E-state index in [2.05, 4.69) is 15.6 Å². The smallest absolute Gasteiger partial charge is 0.407 e. The second kappa shape index (κ2) is 6.44. The lowest BCUT2D eigenvalue weighted by Crippen LogP contribution is -2.35. The number of amides is 1. The fourth-order valence-corrected chi connectivity index (χ4v) is 1.23. The Morgan fingerprint density at radius 1 is 1.25 bits per heavy atom. The summed E-state index contributed by atoms with van der Waals surface area (Å²) in [4.78, 5) is 14.4. The van der Waals surface area contributed by atoms with Gasteiger partial charge < -0.3 is 15.4 Å². The number of ether oxygens (including phenoxy) is 1. The van der Waals surface area contributed by atoms with Crippen molar-refractivity contribution in [2.45, 2.75) is 26.4 Å². The minimum absolute atomic E-state index is 0.0776. The molecule has 1 aromatic rings. The van der Waals surface area contributed by atoms with Gasteiger partial charge in [-0.25, -0.2) is 13.6 Å². The van der Waals surface area contributed by atoms with Gasteiger partial charge in [0.05, 0.1) is 0 Å². The van der Waals surface area contributed by atoms with E-state index < -0.39 is 35.1 Å². The Hall–Kier alpha value is -1.99. The molecule has 0 unspecified atom stereocenters. The number of nitrogens with zero attached hydrogens (tertiary/aromatic N) is 1. The minimum Gasteiger partial charge on any atom is -0.444 e. The Balaban J connectivity index is 2.38. The number of carbonyl (C=O) groups excluding carboxylic acids is 1. The Morgan fingerprint density at radius 3 is 2.50 bits per heavy atom. The Morgan fingerprint density at radius 2 is 1.90 bits per heavy atom. The second-order valence-corrected chi connectivity index (χ2v) is 4.95. The molecule has 2 N–H and O–H groups in total. The maximum absolute atomic E-state index is 13.2. The van der Waals surface area contributed by atoms with Gasteiger partial charge in [-0.15, -0.1) is 0 Å². The molecule has 0 aliphatic carbocycles. The Kier molecular flexibility index (Phi) is 5.18. The molecule has 0 atom stereocenters. The van der Waals surface area contributed by atoms with Crippen molar-refractivity contribution >= 4 is 11.9 Å². The molecule has 0 aliphatic heterocycles. The highest BCUT2D eigenvalue weighted by atomic mass is 19.2. The van der Waals surface area contributed by atoms with Crippen LogP contribution >= 0.6 is 0 Å². The Bertz CT molecular complexity index is 490. The number of hydrogen-bond acceptors (Lipinski definition) is 4. The van der Waals surface area contributed by atoms with Crippen LogP contribution in [0.1, 0.15) is 20.8 Å². The average molecular weight is 291 g/mol. The van der Waals surface area contributed by atoms with Crippen LogP contribution in [0.25, 0.3) is 0 Å². The highest BCUT2D eigenvalue weighted by Gasteiger charge is 2.15. The molecule has 0 saturated carbocycles. The van der Waals surface area contributed by atoms with Crippen LogP contribution in [0, 0.1) is 17.6 Å². The van der Waals surface area contributed by atoms with E-state index in [1.54, 1.807) is 20.8 Å². The topological polar surface area (TPSA) is 63.2 Å². The molecule has 8 heteroatoms. The molecule has 0 radical (unpaired) electrons. The first kappa shape index (κ1) is 16.1. The molecular weight excluding hydrogens is 275 g/mol. The molecule has 1 heterocycles. The zero-order chi connectivity index (χ0) is 15.3. The number of carbonyl (C=O) groups is 1. The summed E-state index contributed by atoms with van der Waals surface area (Å²) in [6.07, 6.45) is -0.627. The van der Waals surface area contributed by atoms with Crippen LogP contribution in [0.4, 0.5) is 23.8 Å². The van der Waals surface area contributed by atoms with Crippen molar-refractivity contribution in [3.63, 3.8) is 0 Å². The molecule has 0 fully saturated rings. The van der Waals surface area contributed by atoms with E-state index in [1.165, 1.54) is 0 Å². The molecule has 0 aliphatic rings. The number of pyridine rings is 1. The Labute approximate surface area is 114 Å². The van der Waals surface area contributed by atoms with E-state index in [-0.39, 0.29) is 13.1 Å². The highest BCUT2D eigenvalue weighted by molar-refractivity contribution is 5.67. The summed E-state index contributed by atoms with van der Waals surface area (Å²) in [5.41, 5.74) is -0.620. The third-order valence-corrected chi connectivity index (χ3v) is 1.97. The van der Waals surface area contributed by atoms with Crippen LogP contribution < -0.4 is 10.6 Å². The minimum atomic E-state index is -1.39. The summed E-state index contributed by atoms with van der Waals surface area (Å²) in [5, 5.41) is 4.85. The van der Waals surface area contributed by atoms with Crippen LogP contribution in [0.15, 0.2) is 6.07 Å². The van der Waals surface area contributed by atoms with Gasteiger partial charge in [-0.1, -0.05) is 0 Å².